The lowest BCUT2D eigenvalue weighted by atomic mass is 9.88. The number of hydrogen-bond donors (Lipinski definition) is 2. The zero-order valence-corrected chi connectivity index (χ0v) is 23.0. The molecule has 1 atom stereocenters. The summed E-state index contributed by atoms with van der Waals surface area (Å²) in [5.41, 5.74) is 1.21. The molecule has 1 aliphatic rings. The van der Waals surface area contributed by atoms with Gasteiger partial charge in [-0.1, -0.05) is 19.9 Å². The number of benzene rings is 1. The second-order valence-corrected chi connectivity index (χ2v) is 8.43. The molecule has 0 amide bonds. The molecule has 1 fully saturated rings. The number of likely N-dealkylation sites (N-methyl/N-ethyl adjacent to an activating group) is 1. The van der Waals surface area contributed by atoms with Gasteiger partial charge < -0.3 is 29.7 Å². The zero-order valence-electron chi connectivity index (χ0n) is 20.7. The molecule has 2 N–H and O–H groups in total. The van der Waals surface area contributed by atoms with Crippen LogP contribution in [0.25, 0.3) is 0 Å². The van der Waals surface area contributed by atoms with Crippen molar-refractivity contribution in [3.63, 3.8) is 0 Å². The molecule has 1 aromatic rings. The molecule has 0 radical (unpaired) electrons. The van der Waals surface area contributed by atoms with Gasteiger partial charge in [0.1, 0.15) is 0 Å². The normalized spacial score (nSPS) is 16.8. The molecule has 7 nitrogen and oxygen atoms in total. The Hall–Kier alpha value is -1.26. The smallest absolute Gasteiger partial charge is 0.191 e. The first-order valence-corrected chi connectivity index (χ1v) is 11.6. The second-order valence-electron chi connectivity index (χ2n) is 8.43. The number of nitrogens with zero attached hydrogens (tertiary/aromatic N) is 2. The van der Waals surface area contributed by atoms with Crippen LogP contribution in [-0.2, 0) is 4.74 Å². The fourth-order valence-corrected chi connectivity index (χ4v) is 3.71. The Morgan fingerprint density at radius 2 is 1.75 bits per heavy atom. The zero-order chi connectivity index (χ0) is 22.7. The fraction of sp³-hybridized carbons (Fsp3) is 0.708. The Morgan fingerprint density at radius 3 is 2.31 bits per heavy atom. The number of guanidine groups is 1. The van der Waals surface area contributed by atoms with Gasteiger partial charge in [-0.25, -0.2) is 0 Å². The van der Waals surface area contributed by atoms with Crippen molar-refractivity contribution in [3.8, 4) is 11.5 Å². The minimum atomic E-state index is 0. The summed E-state index contributed by atoms with van der Waals surface area (Å²) in [6, 6.07) is 6.24. The highest BCUT2D eigenvalue weighted by atomic mass is 127. The molecule has 0 bridgehead atoms. The van der Waals surface area contributed by atoms with Gasteiger partial charge in [-0.2, -0.15) is 0 Å². The minimum absolute atomic E-state index is 0. The van der Waals surface area contributed by atoms with Crippen molar-refractivity contribution in [2.75, 3.05) is 54.1 Å². The molecule has 1 aliphatic heterocycles. The molecule has 32 heavy (non-hydrogen) atoms. The standard InChI is InChI=1S/C24H42N4O3.HI/c1-7-13-30-21-10-9-20(17-22(21)31-14-8-2)19(3)27-23(25-4)26-18-24(28(5)6)11-15-29-16-12-24;/h9-10,17,19H,7-8,11-16,18H2,1-6H3,(H2,25,26,27);1H. The number of hydrogen-bond acceptors (Lipinski definition) is 5. The third-order valence-electron chi connectivity index (χ3n) is 5.93. The third-order valence-corrected chi connectivity index (χ3v) is 5.93. The fourth-order valence-electron chi connectivity index (χ4n) is 3.71. The molecule has 184 valence electrons. The van der Waals surface area contributed by atoms with E-state index in [4.69, 9.17) is 14.2 Å². The van der Waals surface area contributed by atoms with Gasteiger partial charge in [0, 0.05) is 32.3 Å². The van der Waals surface area contributed by atoms with Gasteiger partial charge in [-0.05, 0) is 64.4 Å². The summed E-state index contributed by atoms with van der Waals surface area (Å²) in [4.78, 5) is 6.76. The highest BCUT2D eigenvalue weighted by molar-refractivity contribution is 14.0. The predicted molar refractivity (Wildman–Crippen MR) is 143 cm³/mol. The van der Waals surface area contributed by atoms with Crippen LogP contribution in [0, 0.1) is 0 Å². The molecular formula is C24H43IN4O3. The molecule has 1 saturated heterocycles. The number of aliphatic imine (C=N–C) groups is 1. The molecular weight excluding hydrogens is 519 g/mol. The van der Waals surface area contributed by atoms with Crippen LogP contribution >= 0.6 is 24.0 Å². The summed E-state index contributed by atoms with van der Waals surface area (Å²) in [7, 11) is 6.10. The summed E-state index contributed by atoms with van der Waals surface area (Å²) < 4.78 is 17.4. The minimum Gasteiger partial charge on any atom is -0.490 e. The monoisotopic (exact) mass is 562 g/mol. The van der Waals surface area contributed by atoms with Crippen molar-refractivity contribution >= 4 is 29.9 Å². The van der Waals surface area contributed by atoms with Gasteiger partial charge in [0.25, 0.3) is 0 Å². The molecule has 0 saturated carbocycles. The lowest BCUT2D eigenvalue weighted by molar-refractivity contribution is -0.00502. The third kappa shape index (κ3) is 8.26. The topological polar surface area (TPSA) is 67.4 Å². The van der Waals surface area contributed by atoms with Crippen molar-refractivity contribution in [3.05, 3.63) is 23.8 Å². The first kappa shape index (κ1) is 28.8. The highest BCUT2D eigenvalue weighted by Crippen LogP contribution is 2.31. The molecule has 0 aliphatic carbocycles. The van der Waals surface area contributed by atoms with E-state index >= 15 is 0 Å². The SMILES string of the molecule is CCCOc1ccc(C(C)NC(=NC)NCC2(N(C)C)CCOCC2)cc1OCCC.I. The van der Waals surface area contributed by atoms with E-state index in [1.165, 1.54) is 0 Å². The largest absolute Gasteiger partial charge is 0.490 e. The maximum Gasteiger partial charge on any atom is 0.191 e. The average molecular weight is 563 g/mol. The number of rotatable bonds is 11. The molecule has 1 aromatic carbocycles. The van der Waals surface area contributed by atoms with E-state index in [1.54, 1.807) is 0 Å². The van der Waals surface area contributed by atoms with E-state index in [9.17, 15) is 0 Å². The van der Waals surface area contributed by atoms with Crippen molar-refractivity contribution in [2.45, 2.75) is 58.0 Å². The van der Waals surface area contributed by atoms with E-state index in [1.807, 2.05) is 13.1 Å². The van der Waals surface area contributed by atoms with E-state index < -0.39 is 0 Å². The average Bonchev–Trinajstić information content (AvgIpc) is 2.79. The number of ether oxygens (including phenoxy) is 3. The first-order chi connectivity index (χ1) is 15.0. The summed E-state index contributed by atoms with van der Waals surface area (Å²) >= 11 is 0. The quantitative estimate of drug-likeness (QED) is 0.239. The van der Waals surface area contributed by atoms with Crippen LogP contribution in [0.4, 0.5) is 0 Å². The Kier molecular flexibility index (Phi) is 13.3. The molecule has 2 rings (SSSR count). The van der Waals surface area contributed by atoms with Gasteiger partial charge in [0.2, 0.25) is 0 Å². The first-order valence-electron chi connectivity index (χ1n) is 11.6. The Bertz CT molecular complexity index is 694. The van der Waals surface area contributed by atoms with Crippen molar-refractivity contribution in [1.29, 1.82) is 0 Å². The van der Waals surface area contributed by atoms with E-state index in [0.717, 1.165) is 68.5 Å². The second kappa shape index (κ2) is 14.8. The maximum absolute atomic E-state index is 5.96. The highest BCUT2D eigenvalue weighted by Gasteiger charge is 2.34. The van der Waals surface area contributed by atoms with Gasteiger partial charge in [-0.15, -0.1) is 24.0 Å². The van der Waals surface area contributed by atoms with Gasteiger partial charge >= 0.3 is 0 Å². The van der Waals surface area contributed by atoms with Crippen LogP contribution in [0.2, 0.25) is 0 Å². The Morgan fingerprint density at radius 1 is 1.12 bits per heavy atom. The van der Waals surface area contributed by atoms with Crippen molar-refractivity contribution < 1.29 is 14.2 Å². The van der Waals surface area contributed by atoms with Crippen LogP contribution in [0.1, 0.15) is 58.1 Å². The summed E-state index contributed by atoms with van der Waals surface area (Å²) in [5.74, 6) is 2.40. The lowest BCUT2D eigenvalue weighted by Gasteiger charge is -2.43. The molecule has 8 heteroatoms. The summed E-state index contributed by atoms with van der Waals surface area (Å²) in [6.07, 6.45) is 3.95. The van der Waals surface area contributed by atoms with Gasteiger partial charge in [0.05, 0.1) is 19.3 Å². The van der Waals surface area contributed by atoms with Crippen LogP contribution in [0.3, 0.4) is 0 Å². The van der Waals surface area contributed by atoms with E-state index in [2.05, 4.69) is 67.5 Å². The molecule has 0 spiro atoms. The lowest BCUT2D eigenvalue weighted by Crippen LogP contribution is -2.57. The summed E-state index contributed by atoms with van der Waals surface area (Å²) in [5, 5.41) is 7.05. The van der Waals surface area contributed by atoms with Crippen LogP contribution in [0.5, 0.6) is 11.5 Å². The van der Waals surface area contributed by atoms with Crippen LogP contribution < -0.4 is 20.1 Å². The van der Waals surface area contributed by atoms with Crippen molar-refractivity contribution in [2.24, 2.45) is 4.99 Å². The molecule has 0 aromatic heterocycles. The molecule has 1 heterocycles. The van der Waals surface area contributed by atoms with Gasteiger partial charge in [0.15, 0.2) is 17.5 Å². The molecule has 1 unspecified atom stereocenters. The maximum atomic E-state index is 5.96. The van der Waals surface area contributed by atoms with E-state index in [-0.39, 0.29) is 35.6 Å². The van der Waals surface area contributed by atoms with E-state index in [0.29, 0.717) is 13.2 Å². The van der Waals surface area contributed by atoms with Crippen LogP contribution in [0.15, 0.2) is 23.2 Å². The van der Waals surface area contributed by atoms with Crippen molar-refractivity contribution in [1.82, 2.24) is 15.5 Å². The van der Waals surface area contributed by atoms with Crippen LogP contribution in [-0.4, -0.2) is 70.5 Å². The number of nitrogens with one attached hydrogen (secondary N) is 2. The predicted octanol–water partition coefficient (Wildman–Crippen LogP) is 4.22. The van der Waals surface area contributed by atoms with Gasteiger partial charge in [-0.3, -0.25) is 4.99 Å². The Labute approximate surface area is 211 Å². The Balaban J connectivity index is 0.00000512. The summed E-state index contributed by atoms with van der Waals surface area (Å²) in [6.45, 7) is 10.1. The number of halogens is 1.